The third-order valence-electron chi connectivity index (χ3n) is 5.86. The molecule has 1 atom stereocenters. The van der Waals surface area contributed by atoms with Crippen LogP contribution in [0.3, 0.4) is 0 Å². The molecule has 2 aliphatic rings. The van der Waals surface area contributed by atoms with Gasteiger partial charge in [-0.25, -0.2) is 4.79 Å². The molecule has 2 amide bonds. The van der Waals surface area contributed by atoms with Crippen LogP contribution < -0.4 is 0 Å². The Balaban J connectivity index is 1.64. The topological polar surface area (TPSA) is 49.9 Å². The predicted octanol–water partition coefficient (Wildman–Crippen LogP) is 4.67. The summed E-state index contributed by atoms with van der Waals surface area (Å²) in [6.45, 7) is 11.8. The normalized spacial score (nSPS) is 19.2. The summed E-state index contributed by atoms with van der Waals surface area (Å²) < 4.78 is 5.60. The van der Waals surface area contributed by atoms with Crippen LogP contribution in [0, 0.1) is 5.92 Å². The monoisotopic (exact) mass is 400 g/mol. The fraction of sp³-hybridized carbons (Fsp3) is 0.667. The summed E-state index contributed by atoms with van der Waals surface area (Å²) in [5, 5.41) is 0. The van der Waals surface area contributed by atoms with Crippen molar-refractivity contribution in [1.29, 1.82) is 0 Å². The Hall–Kier alpha value is -2.04. The maximum Gasteiger partial charge on any atom is 0.410 e. The van der Waals surface area contributed by atoms with E-state index < -0.39 is 5.60 Å². The molecule has 1 aromatic carbocycles. The van der Waals surface area contributed by atoms with Crippen LogP contribution in [0.15, 0.2) is 18.2 Å². The van der Waals surface area contributed by atoms with Gasteiger partial charge in [0, 0.05) is 31.2 Å². The van der Waals surface area contributed by atoms with Gasteiger partial charge in [0.2, 0.25) is 0 Å². The highest BCUT2D eigenvalue weighted by Gasteiger charge is 2.30. The van der Waals surface area contributed by atoms with E-state index >= 15 is 0 Å². The molecule has 0 radical (unpaired) electrons. The zero-order valence-electron chi connectivity index (χ0n) is 18.7. The molecule has 3 rings (SSSR count). The minimum absolute atomic E-state index is 0.0626. The van der Waals surface area contributed by atoms with Crippen LogP contribution in [0.5, 0.6) is 0 Å². The fourth-order valence-electron chi connectivity index (χ4n) is 4.38. The number of hydrogen-bond acceptors (Lipinski definition) is 3. The van der Waals surface area contributed by atoms with E-state index in [-0.39, 0.29) is 24.0 Å². The highest BCUT2D eigenvalue weighted by atomic mass is 16.6. The number of likely N-dealkylation sites (tertiary alicyclic amines) is 1. The Bertz CT molecular complexity index is 751. The minimum atomic E-state index is -0.508. The quantitative estimate of drug-likeness (QED) is 0.738. The molecule has 1 heterocycles. The van der Waals surface area contributed by atoms with Crippen LogP contribution >= 0.6 is 0 Å². The number of fused-ring (bicyclic) bond motifs is 1. The van der Waals surface area contributed by atoms with Gasteiger partial charge in [-0.2, -0.15) is 0 Å². The Morgan fingerprint density at radius 2 is 1.90 bits per heavy atom. The lowest BCUT2D eigenvalue weighted by atomic mass is 9.96. The fourth-order valence-corrected chi connectivity index (χ4v) is 4.38. The summed E-state index contributed by atoms with van der Waals surface area (Å²) >= 11 is 0. The number of rotatable bonds is 4. The molecule has 1 unspecified atom stereocenters. The summed E-state index contributed by atoms with van der Waals surface area (Å²) in [4.78, 5) is 29.5. The smallest absolute Gasteiger partial charge is 0.410 e. The summed E-state index contributed by atoms with van der Waals surface area (Å²) in [6, 6.07) is 6.26. The number of piperidine rings is 1. The van der Waals surface area contributed by atoms with E-state index in [2.05, 4.69) is 12.1 Å². The SMILES string of the molecule is CC(C)N(CC1CCCN(C(=O)c2ccc3c(c2)CCC3)C1)C(=O)OC(C)(C)C. The minimum Gasteiger partial charge on any atom is -0.444 e. The van der Waals surface area contributed by atoms with Crippen molar-refractivity contribution in [2.75, 3.05) is 19.6 Å². The zero-order valence-corrected chi connectivity index (χ0v) is 18.7. The molecule has 0 N–H and O–H groups in total. The number of aryl methyl sites for hydroxylation is 2. The molecule has 1 saturated heterocycles. The Labute approximate surface area is 175 Å². The third kappa shape index (κ3) is 5.52. The number of carbonyl (C=O) groups is 2. The first kappa shape index (κ1) is 21.7. The van der Waals surface area contributed by atoms with Gasteiger partial charge >= 0.3 is 6.09 Å². The average molecular weight is 401 g/mol. The molecular formula is C24H36N2O3. The number of nitrogens with zero attached hydrogens (tertiary/aromatic N) is 2. The van der Waals surface area contributed by atoms with Crippen molar-refractivity contribution in [2.24, 2.45) is 5.92 Å². The van der Waals surface area contributed by atoms with Gasteiger partial charge in [-0.15, -0.1) is 0 Å². The van der Waals surface area contributed by atoms with E-state index in [9.17, 15) is 9.59 Å². The van der Waals surface area contributed by atoms with Gasteiger partial charge in [0.1, 0.15) is 5.60 Å². The first-order valence-electron chi connectivity index (χ1n) is 11.0. The highest BCUT2D eigenvalue weighted by Crippen LogP contribution is 2.25. The largest absolute Gasteiger partial charge is 0.444 e. The first-order chi connectivity index (χ1) is 13.6. The van der Waals surface area contributed by atoms with Crippen LogP contribution in [0.1, 0.15) is 75.4 Å². The molecule has 1 fully saturated rings. The summed E-state index contributed by atoms with van der Waals surface area (Å²) in [6.07, 6.45) is 5.13. The van der Waals surface area contributed by atoms with E-state index in [1.54, 1.807) is 4.90 Å². The molecular weight excluding hydrogens is 364 g/mol. The standard InChI is InChI=1S/C24H36N2O3/c1-17(2)26(23(28)29-24(3,4)5)16-18-8-7-13-25(15-18)22(27)21-12-11-19-9-6-10-20(19)14-21/h11-12,14,17-18H,6-10,13,15-16H2,1-5H3. The number of hydrogen-bond donors (Lipinski definition) is 0. The van der Waals surface area contributed by atoms with Crippen LogP contribution in [-0.4, -0.2) is 53.1 Å². The van der Waals surface area contributed by atoms with Crippen molar-refractivity contribution < 1.29 is 14.3 Å². The molecule has 0 saturated carbocycles. The molecule has 1 aromatic rings. The molecule has 29 heavy (non-hydrogen) atoms. The van der Waals surface area contributed by atoms with Gasteiger partial charge in [0.05, 0.1) is 0 Å². The average Bonchev–Trinajstić information content (AvgIpc) is 3.11. The van der Waals surface area contributed by atoms with Gasteiger partial charge in [-0.3, -0.25) is 4.79 Å². The van der Waals surface area contributed by atoms with Crippen molar-refractivity contribution in [2.45, 2.75) is 78.4 Å². The summed E-state index contributed by atoms with van der Waals surface area (Å²) in [5.74, 6) is 0.398. The van der Waals surface area contributed by atoms with E-state index in [4.69, 9.17) is 4.74 Å². The van der Waals surface area contributed by atoms with E-state index in [0.717, 1.165) is 37.8 Å². The maximum atomic E-state index is 13.1. The van der Waals surface area contributed by atoms with E-state index in [1.165, 1.54) is 17.5 Å². The molecule has 0 bridgehead atoms. The van der Waals surface area contributed by atoms with E-state index in [0.29, 0.717) is 13.1 Å². The van der Waals surface area contributed by atoms with Gasteiger partial charge in [-0.05, 0) is 95.9 Å². The third-order valence-corrected chi connectivity index (χ3v) is 5.86. The highest BCUT2D eigenvalue weighted by molar-refractivity contribution is 5.94. The van der Waals surface area contributed by atoms with Crippen LogP contribution in [0.2, 0.25) is 0 Å². The van der Waals surface area contributed by atoms with Crippen LogP contribution in [0.4, 0.5) is 4.79 Å². The Morgan fingerprint density at radius 3 is 2.59 bits per heavy atom. The van der Waals surface area contributed by atoms with Gasteiger partial charge in [0.25, 0.3) is 5.91 Å². The lowest BCUT2D eigenvalue weighted by Crippen LogP contribution is -2.48. The van der Waals surface area contributed by atoms with E-state index in [1.807, 2.05) is 45.6 Å². The first-order valence-corrected chi connectivity index (χ1v) is 11.0. The summed E-state index contributed by atoms with van der Waals surface area (Å²) in [5.41, 5.74) is 3.02. The predicted molar refractivity (Wildman–Crippen MR) is 115 cm³/mol. The molecule has 5 nitrogen and oxygen atoms in total. The second kappa shape index (κ2) is 8.76. The van der Waals surface area contributed by atoms with Crippen molar-refractivity contribution in [3.63, 3.8) is 0 Å². The molecule has 1 aliphatic heterocycles. The van der Waals surface area contributed by atoms with Crippen molar-refractivity contribution in [3.05, 3.63) is 34.9 Å². The Morgan fingerprint density at radius 1 is 1.17 bits per heavy atom. The van der Waals surface area contributed by atoms with Crippen molar-refractivity contribution in [3.8, 4) is 0 Å². The molecule has 0 aromatic heterocycles. The zero-order chi connectivity index (χ0) is 21.2. The van der Waals surface area contributed by atoms with Crippen LogP contribution in [-0.2, 0) is 17.6 Å². The number of benzene rings is 1. The van der Waals surface area contributed by atoms with Gasteiger partial charge in [-0.1, -0.05) is 6.07 Å². The molecule has 1 aliphatic carbocycles. The van der Waals surface area contributed by atoms with Crippen LogP contribution in [0.25, 0.3) is 0 Å². The lowest BCUT2D eigenvalue weighted by molar-refractivity contribution is 0.0124. The molecule has 160 valence electrons. The van der Waals surface area contributed by atoms with Gasteiger partial charge < -0.3 is 14.5 Å². The molecule has 5 heteroatoms. The second-order valence-corrected chi connectivity index (χ2v) is 9.82. The van der Waals surface area contributed by atoms with Crippen molar-refractivity contribution >= 4 is 12.0 Å². The second-order valence-electron chi connectivity index (χ2n) is 9.82. The summed E-state index contributed by atoms with van der Waals surface area (Å²) in [7, 11) is 0. The Kier molecular flexibility index (Phi) is 6.55. The number of carbonyl (C=O) groups excluding carboxylic acids is 2. The lowest BCUT2D eigenvalue weighted by Gasteiger charge is -2.37. The molecule has 0 spiro atoms. The number of amides is 2. The van der Waals surface area contributed by atoms with Gasteiger partial charge in [0.15, 0.2) is 0 Å². The maximum absolute atomic E-state index is 13.1. The number of ether oxygens (including phenoxy) is 1. The van der Waals surface area contributed by atoms with Crippen molar-refractivity contribution in [1.82, 2.24) is 9.80 Å².